The molecule has 0 unspecified atom stereocenters. The van der Waals surface area contributed by atoms with Gasteiger partial charge in [-0.1, -0.05) is 6.07 Å². The molecule has 2 aliphatic rings. The average molecular weight is 352 g/mol. The van der Waals surface area contributed by atoms with Crippen LogP contribution in [0, 0.1) is 6.92 Å². The summed E-state index contributed by atoms with van der Waals surface area (Å²) in [6, 6.07) is 5.32. The molecule has 2 aliphatic heterocycles. The molecular formula is C16H24N4O3S. The SMILES string of the molecule is Cc1cccc(CN2CCN(C(=O)N(C)C)[C@H]3CS(=O)(=O)C[C@H]32)n1. The smallest absolute Gasteiger partial charge is 0.319 e. The summed E-state index contributed by atoms with van der Waals surface area (Å²) in [5, 5.41) is 0. The molecule has 7 nitrogen and oxygen atoms in total. The van der Waals surface area contributed by atoms with Gasteiger partial charge in [0.15, 0.2) is 9.84 Å². The number of carbonyl (C=O) groups is 1. The number of fused-ring (bicyclic) bond motifs is 1. The van der Waals surface area contributed by atoms with E-state index < -0.39 is 9.84 Å². The predicted molar refractivity (Wildman–Crippen MR) is 91.4 cm³/mol. The van der Waals surface area contributed by atoms with Crippen LogP contribution in [0.5, 0.6) is 0 Å². The highest BCUT2D eigenvalue weighted by Gasteiger charge is 2.48. The van der Waals surface area contributed by atoms with E-state index in [1.807, 2.05) is 25.1 Å². The van der Waals surface area contributed by atoms with Crippen LogP contribution in [-0.2, 0) is 16.4 Å². The minimum atomic E-state index is -3.13. The molecule has 2 amide bonds. The Bertz CT molecular complexity index is 735. The van der Waals surface area contributed by atoms with Gasteiger partial charge in [-0.2, -0.15) is 0 Å². The molecule has 3 heterocycles. The van der Waals surface area contributed by atoms with Gasteiger partial charge in [0.1, 0.15) is 0 Å². The maximum Gasteiger partial charge on any atom is 0.319 e. The standard InChI is InChI=1S/C16H24N4O3S/c1-12-5-4-6-13(17-12)9-19-7-8-20(16(21)18(2)3)15-11-24(22,23)10-14(15)19/h4-6,14-15H,7-11H2,1-3H3/t14-,15+/m1/s1. The fourth-order valence-electron chi connectivity index (χ4n) is 3.61. The number of amides is 2. The number of rotatable bonds is 2. The van der Waals surface area contributed by atoms with E-state index in [0.717, 1.165) is 11.4 Å². The van der Waals surface area contributed by atoms with Crippen molar-refractivity contribution < 1.29 is 13.2 Å². The van der Waals surface area contributed by atoms with Crippen LogP contribution in [0.2, 0.25) is 0 Å². The lowest BCUT2D eigenvalue weighted by molar-refractivity contribution is 0.0513. The Balaban J connectivity index is 1.83. The molecule has 24 heavy (non-hydrogen) atoms. The van der Waals surface area contributed by atoms with Gasteiger partial charge in [0.25, 0.3) is 0 Å². The van der Waals surface area contributed by atoms with E-state index in [9.17, 15) is 13.2 Å². The maximum absolute atomic E-state index is 12.4. The van der Waals surface area contributed by atoms with Crippen molar-refractivity contribution in [2.75, 3.05) is 38.7 Å². The Kier molecular flexibility index (Phi) is 4.52. The van der Waals surface area contributed by atoms with E-state index in [0.29, 0.717) is 19.6 Å². The third kappa shape index (κ3) is 3.39. The number of pyridine rings is 1. The molecule has 0 saturated carbocycles. The van der Waals surface area contributed by atoms with Crippen LogP contribution >= 0.6 is 0 Å². The van der Waals surface area contributed by atoms with Crippen molar-refractivity contribution in [3.8, 4) is 0 Å². The lowest BCUT2D eigenvalue weighted by Gasteiger charge is -2.44. The fourth-order valence-corrected chi connectivity index (χ4v) is 5.62. The number of urea groups is 1. The molecule has 8 heteroatoms. The van der Waals surface area contributed by atoms with E-state index in [-0.39, 0.29) is 29.6 Å². The molecule has 0 aliphatic carbocycles. The highest BCUT2D eigenvalue weighted by Crippen LogP contribution is 2.28. The minimum Gasteiger partial charge on any atom is -0.331 e. The summed E-state index contributed by atoms with van der Waals surface area (Å²) < 4.78 is 24.4. The Morgan fingerprint density at radius 3 is 2.62 bits per heavy atom. The van der Waals surface area contributed by atoms with Crippen LogP contribution in [0.15, 0.2) is 18.2 Å². The summed E-state index contributed by atoms with van der Waals surface area (Å²) in [6.07, 6.45) is 0. The van der Waals surface area contributed by atoms with E-state index in [1.165, 1.54) is 4.90 Å². The Hall–Kier alpha value is -1.67. The summed E-state index contributed by atoms with van der Waals surface area (Å²) in [7, 11) is 0.268. The summed E-state index contributed by atoms with van der Waals surface area (Å²) in [5.41, 5.74) is 1.88. The molecular weight excluding hydrogens is 328 g/mol. The largest absolute Gasteiger partial charge is 0.331 e. The minimum absolute atomic E-state index is 0.0506. The first kappa shape index (κ1) is 17.2. The molecule has 132 valence electrons. The third-order valence-corrected chi connectivity index (χ3v) is 6.43. The number of aryl methyl sites for hydroxylation is 1. The van der Waals surface area contributed by atoms with Crippen molar-refractivity contribution in [3.05, 3.63) is 29.6 Å². The number of carbonyl (C=O) groups excluding carboxylic acids is 1. The first-order chi connectivity index (χ1) is 11.3. The summed E-state index contributed by atoms with van der Waals surface area (Å²) >= 11 is 0. The number of sulfone groups is 1. The zero-order chi connectivity index (χ0) is 17.5. The van der Waals surface area contributed by atoms with Crippen LogP contribution in [0.4, 0.5) is 4.79 Å². The summed E-state index contributed by atoms with van der Waals surface area (Å²) in [4.78, 5) is 22.3. The van der Waals surface area contributed by atoms with Gasteiger partial charge in [-0.3, -0.25) is 9.88 Å². The van der Waals surface area contributed by atoms with Gasteiger partial charge in [-0.25, -0.2) is 13.2 Å². The van der Waals surface area contributed by atoms with Gasteiger partial charge in [0.2, 0.25) is 0 Å². The van der Waals surface area contributed by atoms with Crippen molar-refractivity contribution in [3.63, 3.8) is 0 Å². The van der Waals surface area contributed by atoms with Gasteiger partial charge < -0.3 is 9.80 Å². The molecule has 0 radical (unpaired) electrons. The third-order valence-electron chi connectivity index (χ3n) is 4.73. The van der Waals surface area contributed by atoms with Gasteiger partial charge in [0.05, 0.1) is 23.2 Å². The van der Waals surface area contributed by atoms with E-state index in [1.54, 1.807) is 19.0 Å². The average Bonchev–Trinajstić information content (AvgIpc) is 2.82. The number of hydrogen-bond acceptors (Lipinski definition) is 5. The molecule has 2 saturated heterocycles. The van der Waals surface area contributed by atoms with Crippen LogP contribution < -0.4 is 0 Å². The van der Waals surface area contributed by atoms with Gasteiger partial charge >= 0.3 is 6.03 Å². The Morgan fingerprint density at radius 2 is 1.96 bits per heavy atom. The first-order valence-corrected chi connectivity index (χ1v) is 9.94. The lowest BCUT2D eigenvalue weighted by Crippen LogP contribution is -2.61. The second kappa shape index (κ2) is 6.33. The second-order valence-corrected chi connectivity index (χ2v) is 8.98. The predicted octanol–water partition coefficient (Wildman–Crippen LogP) is 0.355. The highest BCUT2D eigenvalue weighted by molar-refractivity contribution is 7.91. The van der Waals surface area contributed by atoms with Crippen molar-refractivity contribution in [1.82, 2.24) is 19.7 Å². The Labute approximate surface area is 143 Å². The van der Waals surface area contributed by atoms with Crippen molar-refractivity contribution >= 4 is 15.9 Å². The maximum atomic E-state index is 12.4. The fraction of sp³-hybridized carbons (Fsp3) is 0.625. The lowest BCUT2D eigenvalue weighted by atomic mass is 10.0. The highest BCUT2D eigenvalue weighted by atomic mass is 32.2. The molecule has 1 aromatic heterocycles. The molecule has 2 atom stereocenters. The van der Waals surface area contributed by atoms with Gasteiger partial charge in [0, 0.05) is 45.5 Å². The van der Waals surface area contributed by atoms with Gasteiger partial charge in [-0.05, 0) is 19.1 Å². The number of nitrogens with zero attached hydrogens (tertiary/aromatic N) is 4. The number of aromatic nitrogens is 1. The second-order valence-electron chi connectivity index (χ2n) is 6.82. The first-order valence-electron chi connectivity index (χ1n) is 8.12. The van der Waals surface area contributed by atoms with Crippen LogP contribution in [0.3, 0.4) is 0 Å². The zero-order valence-electron chi connectivity index (χ0n) is 14.3. The monoisotopic (exact) mass is 352 g/mol. The quantitative estimate of drug-likeness (QED) is 0.768. The molecule has 2 fully saturated rings. The Morgan fingerprint density at radius 1 is 1.25 bits per heavy atom. The van der Waals surface area contributed by atoms with Crippen molar-refractivity contribution in [2.45, 2.75) is 25.6 Å². The summed E-state index contributed by atoms with van der Waals surface area (Å²) in [5.74, 6) is 0.162. The summed E-state index contributed by atoms with van der Waals surface area (Å²) in [6.45, 7) is 3.76. The van der Waals surface area contributed by atoms with E-state index >= 15 is 0 Å². The molecule has 3 rings (SSSR count). The van der Waals surface area contributed by atoms with Crippen molar-refractivity contribution in [2.24, 2.45) is 0 Å². The van der Waals surface area contributed by atoms with Crippen LogP contribution in [0.25, 0.3) is 0 Å². The van der Waals surface area contributed by atoms with E-state index in [4.69, 9.17) is 0 Å². The molecule has 1 aromatic rings. The zero-order valence-corrected chi connectivity index (χ0v) is 15.2. The number of piperazine rings is 1. The molecule has 0 spiro atoms. The van der Waals surface area contributed by atoms with Crippen molar-refractivity contribution in [1.29, 1.82) is 0 Å². The topological polar surface area (TPSA) is 73.8 Å². The van der Waals surface area contributed by atoms with E-state index in [2.05, 4.69) is 9.88 Å². The molecule has 0 bridgehead atoms. The van der Waals surface area contributed by atoms with Crippen LogP contribution in [0.1, 0.15) is 11.4 Å². The van der Waals surface area contributed by atoms with Crippen LogP contribution in [-0.4, -0.2) is 84.9 Å². The number of hydrogen-bond donors (Lipinski definition) is 0. The molecule has 0 aromatic carbocycles. The van der Waals surface area contributed by atoms with Gasteiger partial charge in [-0.15, -0.1) is 0 Å². The normalized spacial score (nSPS) is 26.2. The molecule has 0 N–H and O–H groups in total.